The maximum absolute atomic E-state index is 12.4. The quantitative estimate of drug-likeness (QED) is 0.423. The molecule has 3 N–H and O–H groups in total. The molecule has 1 saturated carbocycles. The van der Waals surface area contributed by atoms with Crippen LogP contribution >= 0.6 is 0 Å². The van der Waals surface area contributed by atoms with Gasteiger partial charge in [-0.2, -0.15) is 0 Å². The third-order valence-corrected chi connectivity index (χ3v) is 4.59. The van der Waals surface area contributed by atoms with Gasteiger partial charge in [-0.1, -0.05) is 6.92 Å². The summed E-state index contributed by atoms with van der Waals surface area (Å²) in [7, 11) is 0. The van der Waals surface area contributed by atoms with E-state index < -0.39 is 48.5 Å². The van der Waals surface area contributed by atoms with Gasteiger partial charge in [-0.3, -0.25) is 24.6 Å². The van der Waals surface area contributed by atoms with E-state index in [0.717, 1.165) is 17.7 Å². The minimum atomic E-state index is -0.983. The smallest absolute Gasteiger partial charge is 0.326 e. The average molecular weight is 368 g/mol. The Morgan fingerprint density at radius 1 is 1.35 bits per heavy atom. The molecule has 1 aliphatic carbocycles. The number of rotatable bonds is 7. The highest BCUT2D eigenvalue weighted by Crippen LogP contribution is 2.42. The molecule has 2 atom stereocenters. The molecule has 0 spiro atoms. The van der Waals surface area contributed by atoms with E-state index in [-0.39, 0.29) is 12.0 Å². The van der Waals surface area contributed by atoms with Crippen LogP contribution in [0.5, 0.6) is 0 Å². The predicted molar refractivity (Wildman–Crippen MR) is 88.8 cm³/mol. The summed E-state index contributed by atoms with van der Waals surface area (Å²) in [5.41, 5.74) is -0.983. The number of esters is 1. The molecule has 1 saturated heterocycles. The Hall–Kier alpha value is -2.65. The number of hydrogen-bond donors (Lipinski definition) is 3. The number of imide groups is 2. The average Bonchev–Trinajstić information content (AvgIpc) is 3.39. The van der Waals surface area contributed by atoms with Crippen molar-refractivity contribution >= 4 is 29.8 Å². The number of nitrogens with zero attached hydrogens (tertiary/aromatic N) is 1. The van der Waals surface area contributed by atoms with Crippen LogP contribution < -0.4 is 16.0 Å². The van der Waals surface area contributed by atoms with Gasteiger partial charge in [0.1, 0.15) is 12.1 Å². The Kier molecular flexibility index (Phi) is 5.83. The van der Waals surface area contributed by atoms with Gasteiger partial charge in [0.15, 0.2) is 6.61 Å². The Balaban J connectivity index is 1.76. The van der Waals surface area contributed by atoms with Gasteiger partial charge in [-0.25, -0.2) is 9.59 Å². The molecule has 2 rings (SSSR count). The first-order valence-electron chi connectivity index (χ1n) is 8.57. The lowest BCUT2D eigenvalue weighted by atomic mass is 9.96. The fourth-order valence-corrected chi connectivity index (χ4v) is 2.64. The second-order valence-corrected chi connectivity index (χ2v) is 6.79. The first kappa shape index (κ1) is 19.7. The molecule has 0 aromatic carbocycles. The van der Waals surface area contributed by atoms with E-state index in [1.807, 2.05) is 12.2 Å². The van der Waals surface area contributed by atoms with Gasteiger partial charge in [0.25, 0.3) is 11.8 Å². The Labute approximate surface area is 151 Å². The van der Waals surface area contributed by atoms with Crippen molar-refractivity contribution in [2.45, 2.75) is 51.6 Å². The van der Waals surface area contributed by atoms with Crippen molar-refractivity contribution in [3.63, 3.8) is 0 Å². The maximum atomic E-state index is 12.4. The fraction of sp³-hybridized carbons (Fsp3) is 0.688. The number of ether oxygens (including phenoxy) is 1. The van der Waals surface area contributed by atoms with E-state index in [1.165, 1.54) is 0 Å². The summed E-state index contributed by atoms with van der Waals surface area (Å²) in [5.74, 6) is -2.11. The normalized spacial score (nSPS) is 23.3. The summed E-state index contributed by atoms with van der Waals surface area (Å²) < 4.78 is 4.73. The van der Waals surface area contributed by atoms with Crippen LogP contribution in [-0.4, -0.2) is 59.5 Å². The van der Waals surface area contributed by atoms with Gasteiger partial charge in [0.05, 0.1) is 0 Å². The summed E-state index contributed by atoms with van der Waals surface area (Å²) in [6.45, 7) is 4.02. The lowest BCUT2D eigenvalue weighted by Crippen LogP contribution is -2.46. The summed E-state index contributed by atoms with van der Waals surface area (Å²) in [4.78, 5) is 60.0. The molecule has 0 aromatic heterocycles. The molecule has 144 valence electrons. The number of urea groups is 2. The first-order valence-corrected chi connectivity index (χ1v) is 8.57. The third-order valence-electron chi connectivity index (χ3n) is 4.59. The van der Waals surface area contributed by atoms with Crippen LogP contribution in [0.1, 0.15) is 40.0 Å². The van der Waals surface area contributed by atoms with Gasteiger partial charge in [-0.05, 0) is 39.0 Å². The number of hydrogen-bond acceptors (Lipinski definition) is 6. The highest BCUT2D eigenvalue weighted by atomic mass is 16.5. The van der Waals surface area contributed by atoms with E-state index in [9.17, 15) is 24.0 Å². The summed E-state index contributed by atoms with van der Waals surface area (Å²) in [5, 5.41) is 7.16. The number of carbonyl (C=O) groups excluding carboxylic acids is 5. The summed E-state index contributed by atoms with van der Waals surface area (Å²) in [6, 6.07) is -1.45. The predicted octanol–water partition coefficient (Wildman–Crippen LogP) is -0.126. The largest absolute Gasteiger partial charge is 0.454 e. The zero-order valence-electron chi connectivity index (χ0n) is 15.1. The number of carbonyl (C=O) groups is 5. The van der Waals surface area contributed by atoms with Crippen molar-refractivity contribution in [3.05, 3.63) is 0 Å². The highest BCUT2D eigenvalue weighted by Gasteiger charge is 2.56. The molecule has 6 amide bonds. The van der Waals surface area contributed by atoms with E-state index in [2.05, 4.69) is 10.6 Å². The van der Waals surface area contributed by atoms with Crippen molar-refractivity contribution in [2.24, 2.45) is 5.92 Å². The lowest BCUT2D eigenvalue weighted by Gasteiger charge is -2.20. The summed E-state index contributed by atoms with van der Waals surface area (Å²) in [6.07, 6.45) is 2.39. The van der Waals surface area contributed by atoms with Gasteiger partial charge >= 0.3 is 18.0 Å². The lowest BCUT2D eigenvalue weighted by molar-refractivity contribution is -0.150. The Morgan fingerprint density at radius 3 is 2.58 bits per heavy atom. The van der Waals surface area contributed by atoms with Crippen molar-refractivity contribution in [3.8, 4) is 0 Å². The van der Waals surface area contributed by atoms with Crippen LogP contribution in [0.4, 0.5) is 9.59 Å². The second kappa shape index (κ2) is 7.71. The van der Waals surface area contributed by atoms with Gasteiger partial charge in [-0.15, -0.1) is 0 Å². The van der Waals surface area contributed by atoms with Crippen LogP contribution in [0, 0.1) is 5.92 Å². The molecule has 1 heterocycles. The topological polar surface area (TPSA) is 134 Å². The zero-order valence-corrected chi connectivity index (χ0v) is 15.1. The molecule has 10 heteroatoms. The maximum Gasteiger partial charge on any atom is 0.326 e. The van der Waals surface area contributed by atoms with Crippen LogP contribution in [0.15, 0.2) is 0 Å². The Bertz CT molecular complexity index is 632. The molecule has 26 heavy (non-hydrogen) atoms. The van der Waals surface area contributed by atoms with Crippen LogP contribution in [0.3, 0.4) is 0 Å². The third kappa shape index (κ3) is 4.50. The molecule has 0 aromatic rings. The zero-order chi connectivity index (χ0) is 19.5. The molecular formula is C16H24N4O6. The second-order valence-electron chi connectivity index (χ2n) is 6.79. The minimum Gasteiger partial charge on any atom is -0.454 e. The van der Waals surface area contributed by atoms with Gasteiger partial charge in [0.2, 0.25) is 0 Å². The van der Waals surface area contributed by atoms with E-state index in [4.69, 9.17) is 4.74 Å². The van der Waals surface area contributed by atoms with E-state index >= 15 is 0 Å². The van der Waals surface area contributed by atoms with Crippen molar-refractivity contribution in [1.82, 2.24) is 20.9 Å². The first-order chi connectivity index (χ1) is 12.2. The van der Waals surface area contributed by atoms with Crippen LogP contribution in [0.2, 0.25) is 0 Å². The van der Waals surface area contributed by atoms with Gasteiger partial charge < -0.3 is 15.4 Å². The van der Waals surface area contributed by atoms with Crippen molar-refractivity contribution < 1.29 is 28.7 Å². The van der Waals surface area contributed by atoms with Crippen LogP contribution in [0.25, 0.3) is 0 Å². The molecule has 0 unspecified atom stereocenters. The number of amides is 6. The van der Waals surface area contributed by atoms with Gasteiger partial charge in [0, 0.05) is 6.04 Å². The minimum absolute atomic E-state index is 0.0785. The molecule has 2 fully saturated rings. The fourth-order valence-electron chi connectivity index (χ4n) is 2.64. The standard InChI is InChI=1S/C16H24N4O6/c1-4-9(2)17-14(24)18-11(21)8-26-12(22)7-20-13(23)16(3,10-5-6-10)19-15(20)25/h9-10H,4-8H2,1-3H3,(H,19,25)(H2,17,18,21,24)/t9-,16+/m1/s1. The van der Waals surface area contributed by atoms with Crippen molar-refractivity contribution in [1.29, 1.82) is 0 Å². The highest BCUT2D eigenvalue weighted by molar-refractivity contribution is 6.09. The van der Waals surface area contributed by atoms with E-state index in [0.29, 0.717) is 6.42 Å². The monoisotopic (exact) mass is 368 g/mol. The van der Waals surface area contributed by atoms with Crippen molar-refractivity contribution in [2.75, 3.05) is 13.2 Å². The molecular weight excluding hydrogens is 344 g/mol. The van der Waals surface area contributed by atoms with Crippen LogP contribution in [-0.2, 0) is 19.1 Å². The summed E-state index contributed by atoms with van der Waals surface area (Å²) >= 11 is 0. The van der Waals surface area contributed by atoms with E-state index in [1.54, 1.807) is 13.8 Å². The molecule has 2 aliphatic rings. The number of nitrogens with one attached hydrogen (secondary N) is 3. The molecule has 0 radical (unpaired) electrons. The Morgan fingerprint density at radius 2 is 2.00 bits per heavy atom. The molecule has 0 bridgehead atoms. The molecule has 1 aliphatic heterocycles. The molecule has 10 nitrogen and oxygen atoms in total. The SMILES string of the molecule is CC[C@@H](C)NC(=O)NC(=O)COC(=O)CN1C(=O)N[C@@](C)(C2CC2)C1=O.